The third-order valence-corrected chi connectivity index (χ3v) is 3.59. The van der Waals surface area contributed by atoms with Crippen LogP contribution < -0.4 is 5.32 Å². The van der Waals surface area contributed by atoms with Crippen LogP contribution in [0.5, 0.6) is 0 Å². The van der Waals surface area contributed by atoms with E-state index in [1.165, 1.54) is 4.90 Å². The largest absolute Gasteiger partial charge is 0.481 e. The summed E-state index contributed by atoms with van der Waals surface area (Å²) in [6.45, 7) is 2.31. The van der Waals surface area contributed by atoms with Gasteiger partial charge < -0.3 is 15.3 Å². The van der Waals surface area contributed by atoms with Crippen molar-refractivity contribution >= 4 is 29.3 Å². The zero-order valence-corrected chi connectivity index (χ0v) is 11.3. The number of amides is 2. The molecular formula is C13H15ClN2O3. The fraction of sp³-hybridized carbons (Fsp3) is 0.385. The predicted molar refractivity (Wildman–Crippen MR) is 72.4 cm³/mol. The van der Waals surface area contributed by atoms with Gasteiger partial charge in [0.05, 0.1) is 5.41 Å². The van der Waals surface area contributed by atoms with E-state index in [-0.39, 0.29) is 12.6 Å². The van der Waals surface area contributed by atoms with Crippen LogP contribution in [0.1, 0.15) is 13.3 Å². The number of hydrogen-bond acceptors (Lipinski definition) is 2. The molecule has 0 bridgehead atoms. The number of nitrogens with one attached hydrogen (secondary N) is 1. The van der Waals surface area contributed by atoms with Gasteiger partial charge in [-0.1, -0.05) is 17.7 Å². The summed E-state index contributed by atoms with van der Waals surface area (Å²) in [5, 5.41) is 12.4. The van der Waals surface area contributed by atoms with Gasteiger partial charge in [-0.2, -0.15) is 0 Å². The lowest BCUT2D eigenvalue weighted by molar-refractivity contribution is -0.146. The van der Waals surface area contributed by atoms with Gasteiger partial charge in [-0.3, -0.25) is 4.79 Å². The lowest BCUT2D eigenvalue weighted by Crippen LogP contribution is -2.37. The summed E-state index contributed by atoms with van der Waals surface area (Å²) in [6, 6.07) is 6.53. The standard InChI is InChI=1S/C13H15ClN2O3/c1-13(11(17)18)5-6-16(8-13)12(19)15-10-4-2-3-9(14)7-10/h2-4,7H,5-6,8H2,1H3,(H,15,19)(H,17,18). The summed E-state index contributed by atoms with van der Waals surface area (Å²) >= 11 is 5.83. The van der Waals surface area contributed by atoms with E-state index in [4.69, 9.17) is 16.7 Å². The molecule has 19 heavy (non-hydrogen) atoms. The summed E-state index contributed by atoms with van der Waals surface area (Å²) in [6.07, 6.45) is 0.464. The average molecular weight is 283 g/mol. The Morgan fingerprint density at radius 3 is 2.79 bits per heavy atom. The number of carboxylic acids is 1. The number of urea groups is 1. The van der Waals surface area contributed by atoms with Gasteiger partial charge in [0.15, 0.2) is 0 Å². The fourth-order valence-electron chi connectivity index (χ4n) is 2.08. The normalized spacial score (nSPS) is 22.3. The molecule has 0 aromatic heterocycles. The molecule has 1 fully saturated rings. The second-order valence-electron chi connectivity index (χ2n) is 4.98. The molecule has 2 rings (SSSR count). The third kappa shape index (κ3) is 2.98. The van der Waals surface area contributed by atoms with E-state index in [1.807, 2.05) is 0 Å². The molecule has 1 heterocycles. The Balaban J connectivity index is 2.01. The molecule has 0 aliphatic carbocycles. The van der Waals surface area contributed by atoms with Crippen LogP contribution in [0.2, 0.25) is 5.02 Å². The van der Waals surface area contributed by atoms with Crippen LogP contribution in [0.4, 0.5) is 10.5 Å². The Bertz CT molecular complexity index is 520. The van der Waals surface area contributed by atoms with E-state index in [2.05, 4.69) is 5.32 Å². The minimum absolute atomic E-state index is 0.217. The molecule has 1 unspecified atom stereocenters. The quantitative estimate of drug-likeness (QED) is 0.876. The Labute approximate surface area is 116 Å². The number of aliphatic carboxylic acids is 1. The van der Waals surface area contributed by atoms with Crippen LogP contribution in [0.15, 0.2) is 24.3 Å². The molecule has 102 valence electrons. The highest BCUT2D eigenvalue weighted by molar-refractivity contribution is 6.30. The van der Waals surface area contributed by atoms with Crippen molar-refractivity contribution in [3.63, 3.8) is 0 Å². The van der Waals surface area contributed by atoms with E-state index in [0.717, 1.165) is 0 Å². The topological polar surface area (TPSA) is 69.6 Å². The average Bonchev–Trinajstić information content (AvgIpc) is 2.73. The van der Waals surface area contributed by atoms with Crippen LogP contribution in [0.3, 0.4) is 0 Å². The zero-order valence-electron chi connectivity index (χ0n) is 10.5. The number of likely N-dealkylation sites (tertiary alicyclic amines) is 1. The molecule has 0 spiro atoms. The van der Waals surface area contributed by atoms with Crippen LogP contribution in [-0.2, 0) is 4.79 Å². The molecule has 1 aliphatic heterocycles. The number of halogens is 1. The first-order valence-electron chi connectivity index (χ1n) is 5.96. The predicted octanol–water partition coefficient (Wildman–Crippen LogP) is 2.67. The lowest BCUT2D eigenvalue weighted by atomic mass is 9.90. The van der Waals surface area contributed by atoms with E-state index in [1.54, 1.807) is 31.2 Å². The molecule has 1 aromatic carbocycles. The molecular weight excluding hydrogens is 268 g/mol. The van der Waals surface area contributed by atoms with Crippen LogP contribution in [0.25, 0.3) is 0 Å². The summed E-state index contributed by atoms with van der Waals surface area (Å²) in [5.41, 5.74) is -0.257. The van der Waals surface area contributed by atoms with Gasteiger partial charge in [0.2, 0.25) is 0 Å². The van der Waals surface area contributed by atoms with Crippen molar-refractivity contribution in [1.82, 2.24) is 4.90 Å². The van der Waals surface area contributed by atoms with Gasteiger partial charge in [-0.15, -0.1) is 0 Å². The molecule has 0 saturated carbocycles. The number of benzene rings is 1. The highest BCUT2D eigenvalue weighted by Crippen LogP contribution is 2.30. The van der Waals surface area contributed by atoms with Crippen molar-refractivity contribution < 1.29 is 14.7 Å². The highest BCUT2D eigenvalue weighted by atomic mass is 35.5. The molecule has 5 nitrogen and oxygen atoms in total. The van der Waals surface area contributed by atoms with Crippen molar-refractivity contribution in [2.45, 2.75) is 13.3 Å². The summed E-state index contributed by atoms with van der Waals surface area (Å²) in [7, 11) is 0. The first-order chi connectivity index (χ1) is 8.90. The van der Waals surface area contributed by atoms with Crippen molar-refractivity contribution in [3.05, 3.63) is 29.3 Å². The first kappa shape index (κ1) is 13.7. The van der Waals surface area contributed by atoms with Crippen molar-refractivity contribution in [3.8, 4) is 0 Å². The van der Waals surface area contributed by atoms with E-state index in [9.17, 15) is 9.59 Å². The minimum Gasteiger partial charge on any atom is -0.481 e. The summed E-state index contributed by atoms with van der Waals surface area (Å²) in [5.74, 6) is -0.870. The maximum atomic E-state index is 12.0. The molecule has 1 atom stereocenters. The smallest absolute Gasteiger partial charge is 0.321 e. The van der Waals surface area contributed by atoms with Gasteiger partial charge in [0.25, 0.3) is 0 Å². The van der Waals surface area contributed by atoms with Gasteiger partial charge in [-0.25, -0.2) is 4.79 Å². The second-order valence-corrected chi connectivity index (χ2v) is 5.41. The summed E-state index contributed by atoms with van der Waals surface area (Å²) in [4.78, 5) is 24.6. The highest BCUT2D eigenvalue weighted by Gasteiger charge is 2.42. The number of carboxylic acid groups (broad SMARTS) is 1. The minimum atomic E-state index is -0.870. The number of carbonyl (C=O) groups is 2. The Kier molecular flexibility index (Phi) is 3.66. The molecule has 1 aromatic rings. The first-order valence-corrected chi connectivity index (χ1v) is 6.33. The van der Waals surface area contributed by atoms with Crippen LogP contribution in [0, 0.1) is 5.41 Å². The molecule has 6 heteroatoms. The molecule has 0 radical (unpaired) electrons. The number of hydrogen-bond donors (Lipinski definition) is 2. The van der Waals surface area contributed by atoms with Crippen molar-refractivity contribution in [2.75, 3.05) is 18.4 Å². The van der Waals surface area contributed by atoms with Crippen LogP contribution >= 0.6 is 11.6 Å². The SMILES string of the molecule is CC1(C(=O)O)CCN(C(=O)Nc2cccc(Cl)c2)C1. The summed E-state index contributed by atoms with van der Waals surface area (Å²) < 4.78 is 0. The molecule has 2 amide bonds. The van der Waals surface area contributed by atoms with E-state index < -0.39 is 11.4 Å². The Hall–Kier alpha value is -1.75. The Morgan fingerprint density at radius 1 is 1.47 bits per heavy atom. The van der Waals surface area contributed by atoms with Gasteiger partial charge in [-0.05, 0) is 31.5 Å². The van der Waals surface area contributed by atoms with Crippen molar-refractivity contribution in [2.24, 2.45) is 5.41 Å². The van der Waals surface area contributed by atoms with Gasteiger partial charge in [0.1, 0.15) is 0 Å². The van der Waals surface area contributed by atoms with E-state index >= 15 is 0 Å². The maximum Gasteiger partial charge on any atom is 0.321 e. The number of carbonyl (C=O) groups excluding carboxylic acids is 1. The molecule has 1 aliphatic rings. The third-order valence-electron chi connectivity index (χ3n) is 3.35. The maximum absolute atomic E-state index is 12.0. The van der Waals surface area contributed by atoms with Crippen molar-refractivity contribution in [1.29, 1.82) is 0 Å². The van der Waals surface area contributed by atoms with Crippen LogP contribution in [-0.4, -0.2) is 35.1 Å². The van der Waals surface area contributed by atoms with Gasteiger partial charge in [0, 0.05) is 23.8 Å². The molecule has 2 N–H and O–H groups in total. The number of rotatable bonds is 2. The van der Waals surface area contributed by atoms with Gasteiger partial charge >= 0.3 is 12.0 Å². The second kappa shape index (κ2) is 5.09. The molecule has 1 saturated heterocycles. The number of nitrogens with zero attached hydrogens (tertiary/aromatic N) is 1. The zero-order chi connectivity index (χ0) is 14.0. The Morgan fingerprint density at radius 2 is 2.21 bits per heavy atom. The van der Waals surface area contributed by atoms with E-state index in [0.29, 0.717) is 23.7 Å². The fourth-order valence-corrected chi connectivity index (χ4v) is 2.27. The monoisotopic (exact) mass is 282 g/mol. The lowest BCUT2D eigenvalue weighted by Gasteiger charge is -2.20. The number of anilines is 1.